The monoisotopic (exact) mass is 356 g/mol. The molecule has 26 heavy (non-hydrogen) atoms. The van der Waals surface area contributed by atoms with Gasteiger partial charge in [-0.3, -0.25) is 9.78 Å². The first-order chi connectivity index (χ1) is 12.5. The Hall–Kier alpha value is -2.96. The van der Waals surface area contributed by atoms with Gasteiger partial charge >= 0.3 is 0 Å². The van der Waals surface area contributed by atoms with Crippen molar-refractivity contribution in [3.63, 3.8) is 0 Å². The third-order valence-electron chi connectivity index (χ3n) is 4.23. The molecule has 0 saturated heterocycles. The number of halogens is 1. The van der Waals surface area contributed by atoms with Gasteiger partial charge in [-0.2, -0.15) is 0 Å². The Bertz CT molecular complexity index is 938. The molecule has 0 aliphatic rings. The molecular weight excluding hydrogens is 335 g/mol. The molecule has 6 nitrogen and oxygen atoms in total. The lowest BCUT2D eigenvalue weighted by atomic mass is 10.1. The number of H-pyrrole nitrogens is 1. The molecule has 0 unspecified atom stereocenters. The SMILES string of the molecule is CCN(CCc1nc2ccc(F)cc2[nH]1)C(=O)c1cc(C)ncc1OC. The van der Waals surface area contributed by atoms with Crippen LogP contribution in [0.1, 0.15) is 28.8 Å². The fourth-order valence-electron chi connectivity index (χ4n) is 2.84. The molecule has 2 aromatic heterocycles. The van der Waals surface area contributed by atoms with Gasteiger partial charge in [-0.15, -0.1) is 0 Å². The molecule has 2 heterocycles. The highest BCUT2D eigenvalue weighted by molar-refractivity contribution is 5.97. The maximum Gasteiger partial charge on any atom is 0.257 e. The van der Waals surface area contributed by atoms with Crippen molar-refractivity contribution in [3.8, 4) is 5.75 Å². The highest BCUT2D eigenvalue weighted by Gasteiger charge is 2.19. The van der Waals surface area contributed by atoms with Crippen molar-refractivity contribution in [1.82, 2.24) is 19.9 Å². The molecule has 7 heteroatoms. The summed E-state index contributed by atoms with van der Waals surface area (Å²) in [7, 11) is 1.52. The van der Waals surface area contributed by atoms with Crippen molar-refractivity contribution < 1.29 is 13.9 Å². The van der Waals surface area contributed by atoms with E-state index in [1.165, 1.54) is 19.2 Å². The number of carbonyl (C=O) groups excluding carboxylic acids is 1. The van der Waals surface area contributed by atoms with Gasteiger partial charge in [0.1, 0.15) is 17.4 Å². The molecule has 1 amide bonds. The summed E-state index contributed by atoms with van der Waals surface area (Å²) in [6, 6.07) is 6.16. The molecule has 3 aromatic rings. The molecule has 0 aliphatic heterocycles. The second kappa shape index (κ2) is 7.51. The number of fused-ring (bicyclic) bond motifs is 1. The highest BCUT2D eigenvalue weighted by Crippen LogP contribution is 2.20. The van der Waals surface area contributed by atoms with Crippen molar-refractivity contribution in [3.05, 3.63) is 53.4 Å². The van der Waals surface area contributed by atoms with Crippen LogP contribution in [0.15, 0.2) is 30.5 Å². The largest absolute Gasteiger partial charge is 0.494 e. The predicted molar refractivity (Wildman–Crippen MR) is 96.9 cm³/mol. The average molecular weight is 356 g/mol. The molecule has 0 fully saturated rings. The lowest BCUT2D eigenvalue weighted by molar-refractivity contribution is 0.0762. The minimum absolute atomic E-state index is 0.114. The van der Waals surface area contributed by atoms with Gasteiger partial charge in [-0.25, -0.2) is 9.37 Å². The van der Waals surface area contributed by atoms with Gasteiger partial charge in [-0.1, -0.05) is 0 Å². The van der Waals surface area contributed by atoms with Crippen molar-refractivity contribution >= 4 is 16.9 Å². The van der Waals surface area contributed by atoms with Crippen LogP contribution in [0.25, 0.3) is 11.0 Å². The molecular formula is C19H21FN4O2. The molecule has 136 valence electrons. The van der Waals surface area contributed by atoms with Crippen LogP contribution >= 0.6 is 0 Å². The van der Waals surface area contributed by atoms with E-state index >= 15 is 0 Å². The Labute approximate surface area is 151 Å². The quantitative estimate of drug-likeness (QED) is 0.737. The molecule has 0 bridgehead atoms. The average Bonchev–Trinajstić information content (AvgIpc) is 3.03. The van der Waals surface area contributed by atoms with Crippen LogP contribution in [-0.4, -0.2) is 46.0 Å². The lowest BCUT2D eigenvalue weighted by Gasteiger charge is -2.21. The maximum absolute atomic E-state index is 13.3. The first kappa shape index (κ1) is 17.8. The van der Waals surface area contributed by atoms with E-state index in [1.807, 2.05) is 13.8 Å². The number of hydrogen-bond acceptors (Lipinski definition) is 4. The van der Waals surface area contributed by atoms with Crippen LogP contribution in [0.4, 0.5) is 4.39 Å². The number of ether oxygens (including phenoxy) is 1. The minimum atomic E-state index is -0.307. The molecule has 0 atom stereocenters. The van der Waals surface area contributed by atoms with Gasteiger partial charge in [0, 0.05) is 25.2 Å². The molecule has 1 N–H and O–H groups in total. The maximum atomic E-state index is 13.3. The first-order valence-corrected chi connectivity index (χ1v) is 8.46. The number of imidazole rings is 1. The van der Waals surface area contributed by atoms with Crippen LogP contribution in [0.3, 0.4) is 0 Å². The second-order valence-corrected chi connectivity index (χ2v) is 6.01. The Balaban J connectivity index is 1.76. The highest BCUT2D eigenvalue weighted by atomic mass is 19.1. The van der Waals surface area contributed by atoms with Gasteiger partial charge in [0.25, 0.3) is 5.91 Å². The summed E-state index contributed by atoms with van der Waals surface area (Å²) in [6.45, 7) is 4.80. The van der Waals surface area contributed by atoms with Crippen LogP contribution in [-0.2, 0) is 6.42 Å². The van der Waals surface area contributed by atoms with Crippen LogP contribution in [0.5, 0.6) is 5.75 Å². The summed E-state index contributed by atoms with van der Waals surface area (Å²) in [5.74, 6) is 0.753. The number of aromatic nitrogens is 3. The number of nitrogens with one attached hydrogen (secondary N) is 1. The zero-order chi connectivity index (χ0) is 18.7. The molecule has 0 spiro atoms. The number of hydrogen-bond donors (Lipinski definition) is 1. The van der Waals surface area contributed by atoms with Gasteiger partial charge in [-0.05, 0) is 38.1 Å². The minimum Gasteiger partial charge on any atom is -0.494 e. The van der Waals surface area contributed by atoms with Crippen LogP contribution in [0, 0.1) is 12.7 Å². The summed E-state index contributed by atoms with van der Waals surface area (Å²) in [6.07, 6.45) is 2.10. The van der Waals surface area contributed by atoms with Crippen LogP contribution < -0.4 is 4.74 Å². The number of nitrogens with zero attached hydrogens (tertiary/aromatic N) is 3. The Morgan fingerprint density at radius 3 is 2.88 bits per heavy atom. The Morgan fingerprint density at radius 1 is 1.35 bits per heavy atom. The molecule has 0 aliphatic carbocycles. The lowest BCUT2D eigenvalue weighted by Crippen LogP contribution is -2.33. The number of benzene rings is 1. The van der Waals surface area contributed by atoms with E-state index < -0.39 is 0 Å². The third kappa shape index (κ3) is 3.66. The number of likely N-dealkylation sites (N-methyl/N-ethyl adjacent to an activating group) is 1. The molecule has 0 radical (unpaired) electrons. The Kier molecular flexibility index (Phi) is 5.16. The van der Waals surface area contributed by atoms with E-state index in [9.17, 15) is 9.18 Å². The molecule has 0 saturated carbocycles. The van der Waals surface area contributed by atoms with E-state index in [2.05, 4.69) is 15.0 Å². The number of methoxy groups -OCH3 is 1. The first-order valence-electron chi connectivity index (χ1n) is 8.46. The van der Waals surface area contributed by atoms with Crippen molar-refractivity contribution in [1.29, 1.82) is 0 Å². The van der Waals surface area contributed by atoms with Crippen molar-refractivity contribution in [2.45, 2.75) is 20.3 Å². The van der Waals surface area contributed by atoms with Gasteiger partial charge in [0.15, 0.2) is 0 Å². The third-order valence-corrected chi connectivity index (χ3v) is 4.23. The normalized spacial score (nSPS) is 10.9. The van der Waals surface area contributed by atoms with E-state index in [1.54, 1.807) is 23.2 Å². The van der Waals surface area contributed by atoms with E-state index in [0.29, 0.717) is 41.9 Å². The fourth-order valence-corrected chi connectivity index (χ4v) is 2.84. The zero-order valence-electron chi connectivity index (χ0n) is 15.0. The predicted octanol–water partition coefficient (Wildman–Crippen LogP) is 3.12. The molecule has 3 rings (SSSR count). The standard InChI is InChI=1S/C19H21FN4O2/c1-4-24(19(25)14-9-12(2)21-11-17(14)26-3)8-7-18-22-15-6-5-13(20)10-16(15)23-18/h5-6,9-11H,4,7-8H2,1-3H3,(H,22,23). The number of carbonyl (C=O) groups is 1. The van der Waals surface area contributed by atoms with Gasteiger partial charge in [0.2, 0.25) is 0 Å². The number of aryl methyl sites for hydroxylation is 1. The van der Waals surface area contributed by atoms with Crippen molar-refractivity contribution in [2.75, 3.05) is 20.2 Å². The van der Waals surface area contributed by atoms with Crippen molar-refractivity contribution in [2.24, 2.45) is 0 Å². The van der Waals surface area contributed by atoms with E-state index in [4.69, 9.17) is 4.74 Å². The number of rotatable bonds is 6. The number of aromatic amines is 1. The number of pyridine rings is 1. The van der Waals surface area contributed by atoms with E-state index in [0.717, 1.165) is 11.5 Å². The number of amides is 1. The summed E-state index contributed by atoms with van der Waals surface area (Å²) >= 11 is 0. The Morgan fingerprint density at radius 2 is 2.15 bits per heavy atom. The summed E-state index contributed by atoms with van der Waals surface area (Å²) in [5, 5.41) is 0. The van der Waals surface area contributed by atoms with E-state index in [-0.39, 0.29) is 11.7 Å². The van der Waals surface area contributed by atoms with Crippen LogP contribution in [0.2, 0.25) is 0 Å². The summed E-state index contributed by atoms with van der Waals surface area (Å²) in [5.41, 5.74) is 2.61. The summed E-state index contributed by atoms with van der Waals surface area (Å²) < 4.78 is 18.6. The van der Waals surface area contributed by atoms with Gasteiger partial charge < -0.3 is 14.6 Å². The topological polar surface area (TPSA) is 71.1 Å². The fraction of sp³-hybridized carbons (Fsp3) is 0.316. The smallest absolute Gasteiger partial charge is 0.257 e. The summed E-state index contributed by atoms with van der Waals surface area (Å²) in [4.78, 5) is 26.3. The zero-order valence-corrected chi connectivity index (χ0v) is 15.0. The van der Waals surface area contributed by atoms with Gasteiger partial charge in [0.05, 0.1) is 29.9 Å². The second-order valence-electron chi connectivity index (χ2n) is 6.01. The molecule has 1 aromatic carbocycles.